The van der Waals surface area contributed by atoms with Crippen LogP contribution >= 0.6 is 11.6 Å². The molecule has 8 heteroatoms. The number of rotatable bonds is 6. The Kier molecular flexibility index (Phi) is 6.10. The number of carbonyl (C=O) groups excluding carboxylic acids is 1. The van der Waals surface area contributed by atoms with Crippen LogP contribution in [0.4, 0.5) is 5.69 Å². The molecule has 4 aromatic rings. The Bertz CT molecular complexity index is 1360. The zero-order valence-corrected chi connectivity index (χ0v) is 19.0. The number of benzene rings is 2. The lowest BCUT2D eigenvalue weighted by atomic mass is 10.2. The fourth-order valence-corrected chi connectivity index (χ4v) is 3.96. The zero-order chi connectivity index (χ0) is 22.8. The molecule has 0 aliphatic carbocycles. The van der Waals surface area contributed by atoms with Crippen LogP contribution in [0.15, 0.2) is 53.3 Å². The molecule has 2 aromatic heterocycles. The number of nitrogens with one attached hydrogen (secondary N) is 1. The molecule has 2 heterocycles. The number of fused-ring (bicyclic) bond motifs is 1. The van der Waals surface area contributed by atoms with Gasteiger partial charge < -0.3 is 5.32 Å². The van der Waals surface area contributed by atoms with Gasteiger partial charge in [0.05, 0.1) is 22.5 Å². The van der Waals surface area contributed by atoms with Gasteiger partial charge in [-0.25, -0.2) is 9.36 Å². The molecular formula is C24H24ClN5O2. The smallest absolute Gasteiger partial charge is 0.295 e. The summed E-state index contributed by atoms with van der Waals surface area (Å²) in [6, 6.07) is 15.1. The SMILES string of the molecule is Cc1ccc(Cl)cc1NC(=O)CCCn1nc(C)c2c(C)n(-c3ccccc3)nc2c1=O. The first-order valence-corrected chi connectivity index (χ1v) is 10.8. The van der Waals surface area contributed by atoms with Crippen LogP contribution in [0.25, 0.3) is 16.6 Å². The number of hydrogen-bond donors (Lipinski definition) is 1. The Morgan fingerprint density at radius 1 is 1.06 bits per heavy atom. The molecular weight excluding hydrogens is 426 g/mol. The minimum absolute atomic E-state index is 0.134. The normalized spacial score (nSPS) is 11.1. The summed E-state index contributed by atoms with van der Waals surface area (Å²) in [5, 5.41) is 13.3. The Labute approximate surface area is 190 Å². The standard InChI is InChI=1S/C24H24ClN5O2/c1-15-11-12-18(25)14-20(15)26-21(31)10-7-13-29-24(32)23-22(16(2)27-29)17(3)30(28-23)19-8-5-4-6-9-19/h4-6,8-9,11-12,14H,7,10,13H2,1-3H3,(H,26,31). The van der Waals surface area contributed by atoms with Crippen molar-refractivity contribution in [3.8, 4) is 5.69 Å². The van der Waals surface area contributed by atoms with Gasteiger partial charge in [0.15, 0.2) is 5.52 Å². The fraction of sp³-hybridized carbons (Fsp3) is 0.250. The number of aryl methyl sites for hydroxylation is 4. The lowest BCUT2D eigenvalue weighted by molar-refractivity contribution is -0.116. The van der Waals surface area contributed by atoms with Gasteiger partial charge in [-0.15, -0.1) is 0 Å². The number of para-hydroxylation sites is 1. The van der Waals surface area contributed by atoms with E-state index in [1.807, 2.05) is 57.2 Å². The molecule has 4 rings (SSSR count). The maximum Gasteiger partial charge on any atom is 0.295 e. The molecule has 0 aliphatic rings. The summed E-state index contributed by atoms with van der Waals surface area (Å²) in [5.41, 5.74) is 4.25. The lowest BCUT2D eigenvalue weighted by Crippen LogP contribution is -2.25. The highest BCUT2D eigenvalue weighted by Gasteiger charge is 2.17. The average molecular weight is 450 g/mol. The summed E-state index contributed by atoms with van der Waals surface area (Å²) in [6.07, 6.45) is 0.732. The first-order valence-electron chi connectivity index (χ1n) is 10.4. The van der Waals surface area contributed by atoms with Crippen LogP contribution in [-0.2, 0) is 11.3 Å². The summed E-state index contributed by atoms with van der Waals surface area (Å²) in [5.74, 6) is -0.134. The Morgan fingerprint density at radius 3 is 2.56 bits per heavy atom. The Balaban J connectivity index is 1.51. The van der Waals surface area contributed by atoms with Crippen molar-refractivity contribution in [1.29, 1.82) is 0 Å². The van der Waals surface area contributed by atoms with Crippen LogP contribution in [0.5, 0.6) is 0 Å². The van der Waals surface area contributed by atoms with Crippen LogP contribution in [0.2, 0.25) is 5.02 Å². The van der Waals surface area contributed by atoms with Crippen LogP contribution in [0.1, 0.15) is 29.8 Å². The van der Waals surface area contributed by atoms with Crippen LogP contribution in [0, 0.1) is 20.8 Å². The van der Waals surface area contributed by atoms with Gasteiger partial charge in [-0.3, -0.25) is 9.59 Å². The van der Waals surface area contributed by atoms with Gasteiger partial charge in [-0.2, -0.15) is 10.2 Å². The number of aromatic nitrogens is 4. The molecule has 0 radical (unpaired) electrons. The fourth-order valence-electron chi connectivity index (χ4n) is 3.79. The van der Waals surface area contributed by atoms with Gasteiger partial charge in [-0.1, -0.05) is 35.9 Å². The maximum atomic E-state index is 13.0. The van der Waals surface area contributed by atoms with Gasteiger partial charge in [0.1, 0.15) is 0 Å². The van der Waals surface area contributed by atoms with Crippen molar-refractivity contribution < 1.29 is 4.79 Å². The third-order valence-corrected chi connectivity index (χ3v) is 5.67. The third kappa shape index (κ3) is 4.29. The summed E-state index contributed by atoms with van der Waals surface area (Å²) in [6.45, 7) is 6.04. The van der Waals surface area contributed by atoms with E-state index in [4.69, 9.17) is 11.6 Å². The summed E-state index contributed by atoms with van der Waals surface area (Å²) >= 11 is 6.01. The number of halogens is 1. The average Bonchev–Trinajstić information content (AvgIpc) is 3.13. The van der Waals surface area contributed by atoms with Gasteiger partial charge in [0.2, 0.25) is 5.91 Å². The highest BCUT2D eigenvalue weighted by atomic mass is 35.5. The third-order valence-electron chi connectivity index (χ3n) is 5.43. The summed E-state index contributed by atoms with van der Waals surface area (Å²) in [4.78, 5) is 25.4. The van der Waals surface area contributed by atoms with Gasteiger partial charge in [0, 0.05) is 23.7 Å². The van der Waals surface area contributed by atoms with E-state index in [0.717, 1.165) is 28.0 Å². The summed E-state index contributed by atoms with van der Waals surface area (Å²) in [7, 11) is 0. The monoisotopic (exact) mass is 449 g/mol. The molecule has 32 heavy (non-hydrogen) atoms. The predicted molar refractivity (Wildman–Crippen MR) is 127 cm³/mol. The second-order valence-corrected chi connectivity index (χ2v) is 8.22. The predicted octanol–water partition coefficient (Wildman–Crippen LogP) is 4.58. The largest absolute Gasteiger partial charge is 0.326 e. The number of nitrogens with zero attached hydrogens (tertiary/aromatic N) is 4. The maximum absolute atomic E-state index is 13.0. The molecule has 164 valence electrons. The van der Waals surface area contributed by atoms with Crippen molar-refractivity contribution in [2.24, 2.45) is 0 Å². The summed E-state index contributed by atoms with van der Waals surface area (Å²) < 4.78 is 3.17. The van der Waals surface area contributed by atoms with Gasteiger partial charge in [0.25, 0.3) is 5.56 Å². The van der Waals surface area contributed by atoms with E-state index in [0.29, 0.717) is 29.2 Å². The van der Waals surface area contributed by atoms with E-state index in [1.54, 1.807) is 16.8 Å². The molecule has 0 saturated heterocycles. The van der Waals surface area contributed by atoms with E-state index in [-0.39, 0.29) is 17.9 Å². The molecule has 7 nitrogen and oxygen atoms in total. The molecule has 2 aromatic carbocycles. The van der Waals surface area contributed by atoms with E-state index in [2.05, 4.69) is 15.5 Å². The van der Waals surface area contributed by atoms with E-state index >= 15 is 0 Å². The number of carbonyl (C=O) groups is 1. The second-order valence-electron chi connectivity index (χ2n) is 7.78. The quantitative estimate of drug-likeness (QED) is 0.467. The second kappa shape index (κ2) is 8.96. The van der Waals surface area contributed by atoms with Crippen molar-refractivity contribution in [3.63, 3.8) is 0 Å². The molecule has 0 aliphatic heterocycles. The first-order chi connectivity index (χ1) is 15.3. The molecule has 0 fully saturated rings. The van der Waals surface area contributed by atoms with Crippen molar-refractivity contribution in [2.45, 2.75) is 40.2 Å². The van der Waals surface area contributed by atoms with Crippen molar-refractivity contribution in [2.75, 3.05) is 5.32 Å². The molecule has 0 unspecified atom stereocenters. The highest BCUT2D eigenvalue weighted by Crippen LogP contribution is 2.22. The zero-order valence-electron chi connectivity index (χ0n) is 18.2. The molecule has 0 spiro atoms. The molecule has 1 amide bonds. The van der Waals surface area contributed by atoms with Crippen molar-refractivity contribution in [3.05, 3.63) is 80.9 Å². The van der Waals surface area contributed by atoms with Gasteiger partial charge in [-0.05, 0) is 57.0 Å². The number of anilines is 1. The van der Waals surface area contributed by atoms with E-state index in [9.17, 15) is 9.59 Å². The topological polar surface area (TPSA) is 81.8 Å². The molecule has 1 N–H and O–H groups in total. The lowest BCUT2D eigenvalue weighted by Gasteiger charge is -2.09. The minimum Gasteiger partial charge on any atom is -0.326 e. The first kappa shape index (κ1) is 21.8. The van der Waals surface area contributed by atoms with Crippen molar-refractivity contribution in [1.82, 2.24) is 19.6 Å². The van der Waals surface area contributed by atoms with E-state index in [1.165, 1.54) is 4.68 Å². The van der Waals surface area contributed by atoms with Crippen molar-refractivity contribution >= 4 is 34.1 Å². The molecule has 0 atom stereocenters. The minimum atomic E-state index is -0.255. The molecule has 0 bridgehead atoms. The van der Waals surface area contributed by atoms with Gasteiger partial charge >= 0.3 is 0 Å². The Hall–Kier alpha value is -3.45. The highest BCUT2D eigenvalue weighted by molar-refractivity contribution is 6.31. The molecule has 0 saturated carbocycles. The number of amides is 1. The Morgan fingerprint density at radius 2 is 1.81 bits per heavy atom. The van der Waals surface area contributed by atoms with Crippen LogP contribution in [0.3, 0.4) is 0 Å². The number of hydrogen-bond acceptors (Lipinski definition) is 4. The van der Waals surface area contributed by atoms with Crippen LogP contribution < -0.4 is 10.9 Å². The van der Waals surface area contributed by atoms with E-state index < -0.39 is 0 Å². The van der Waals surface area contributed by atoms with Crippen LogP contribution in [-0.4, -0.2) is 25.5 Å².